The van der Waals surface area contributed by atoms with Crippen LogP contribution in [0.25, 0.3) is 16.7 Å². The van der Waals surface area contributed by atoms with E-state index in [0.717, 1.165) is 22.4 Å². The molecule has 1 amide bonds. The number of para-hydroxylation sites is 2. The molecule has 7 heteroatoms. The Morgan fingerprint density at radius 2 is 1.79 bits per heavy atom. The van der Waals surface area contributed by atoms with E-state index in [1.807, 2.05) is 73.9 Å². The van der Waals surface area contributed by atoms with E-state index in [4.69, 9.17) is 5.73 Å². The number of fused-ring (bicyclic) bond motifs is 1. The van der Waals surface area contributed by atoms with Crippen LogP contribution in [0.1, 0.15) is 26.5 Å². The number of rotatable bonds is 2. The highest BCUT2D eigenvalue weighted by Gasteiger charge is 2.21. The molecule has 2 heterocycles. The zero-order valence-electron chi connectivity index (χ0n) is 16.0. The molecule has 0 aliphatic carbocycles. The SMILES string of the molecule is CC(C)(C)c1cc(N)n(C(=O)Nc2ccc(-n3cnc4ccccc43)cc2)n1. The molecule has 3 N–H and O–H groups in total. The quantitative estimate of drug-likeness (QED) is 0.551. The van der Waals surface area contributed by atoms with E-state index < -0.39 is 6.03 Å². The molecular formula is C21H22N6O. The Morgan fingerprint density at radius 1 is 1.07 bits per heavy atom. The predicted octanol–water partition coefficient (Wildman–Crippen LogP) is 4.18. The van der Waals surface area contributed by atoms with Crippen molar-refractivity contribution in [3.05, 3.63) is 66.6 Å². The first kappa shape index (κ1) is 17.8. The Balaban J connectivity index is 1.55. The number of imidazole rings is 1. The molecule has 0 radical (unpaired) electrons. The van der Waals surface area contributed by atoms with Gasteiger partial charge in [-0.05, 0) is 36.4 Å². The smallest absolute Gasteiger partial charge is 0.348 e. The normalized spacial score (nSPS) is 11.7. The Morgan fingerprint density at radius 3 is 2.46 bits per heavy atom. The van der Waals surface area contributed by atoms with Gasteiger partial charge in [0.25, 0.3) is 0 Å². The number of nitrogens with one attached hydrogen (secondary N) is 1. The lowest BCUT2D eigenvalue weighted by molar-refractivity contribution is 0.251. The lowest BCUT2D eigenvalue weighted by atomic mass is 9.92. The van der Waals surface area contributed by atoms with Crippen molar-refractivity contribution in [3.8, 4) is 5.69 Å². The number of carbonyl (C=O) groups excluding carboxylic acids is 1. The van der Waals surface area contributed by atoms with Gasteiger partial charge in [0.15, 0.2) is 0 Å². The second-order valence-electron chi connectivity index (χ2n) is 7.70. The average molecular weight is 374 g/mol. The fourth-order valence-electron chi connectivity index (χ4n) is 2.97. The molecule has 0 saturated carbocycles. The molecule has 0 fully saturated rings. The minimum atomic E-state index is -0.395. The van der Waals surface area contributed by atoms with Crippen LogP contribution in [0.5, 0.6) is 0 Å². The number of aromatic nitrogens is 4. The molecule has 2 aromatic heterocycles. The van der Waals surface area contributed by atoms with E-state index in [1.165, 1.54) is 4.68 Å². The number of benzene rings is 2. The maximum Gasteiger partial charge on any atom is 0.348 e. The number of hydrogen-bond donors (Lipinski definition) is 2. The second kappa shape index (κ2) is 6.53. The number of carbonyl (C=O) groups is 1. The summed E-state index contributed by atoms with van der Waals surface area (Å²) in [6.07, 6.45) is 1.79. The highest BCUT2D eigenvalue weighted by Crippen LogP contribution is 2.23. The molecule has 0 aliphatic heterocycles. The fourth-order valence-corrected chi connectivity index (χ4v) is 2.97. The van der Waals surface area contributed by atoms with Crippen LogP contribution in [0, 0.1) is 0 Å². The van der Waals surface area contributed by atoms with Gasteiger partial charge in [0.1, 0.15) is 12.1 Å². The number of nitrogens with zero attached hydrogens (tertiary/aromatic N) is 4. The highest BCUT2D eigenvalue weighted by molar-refractivity contribution is 5.92. The zero-order chi connectivity index (χ0) is 19.9. The van der Waals surface area contributed by atoms with Gasteiger partial charge in [-0.2, -0.15) is 9.78 Å². The van der Waals surface area contributed by atoms with E-state index in [-0.39, 0.29) is 5.41 Å². The first-order chi connectivity index (χ1) is 13.3. The van der Waals surface area contributed by atoms with Crippen LogP contribution in [0.4, 0.5) is 16.3 Å². The van der Waals surface area contributed by atoms with E-state index in [2.05, 4.69) is 15.4 Å². The van der Waals surface area contributed by atoms with Crippen molar-refractivity contribution in [1.82, 2.24) is 19.3 Å². The summed E-state index contributed by atoms with van der Waals surface area (Å²) in [5, 5.41) is 7.17. The Hall–Kier alpha value is -3.61. The molecule has 0 atom stereocenters. The third-order valence-electron chi connectivity index (χ3n) is 4.55. The van der Waals surface area contributed by atoms with Gasteiger partial charge in [-0.3, -0.25) is 4.57 Å². The van der Waals surface area contributed by atoms with Crippen LogP contribution in [-0.2, 0) is 5.41 Å². The summed E-state index contributed by atoms with van der Waals surface area (Å²) >= 11 is 0. The van der Waals surface area contributed by atoms with Crippen molar-refractivity contribution in [2.45, 2.75) is 26.2 Å². The average Bonchev–Trinajstić information content (AvgIpc) is 3.26. The first-order valence-corrected chi connectivity index (χ1v) is 9.03. The molecule has 4 rings (SSSR count). The molecular weight excluding hydrogens is 352 g/mol. The van der Waals surface area contributed by atoms with Crippen molar-refractivity contribution in [3.63, 3.8) is 0 Å². The molecule has 0 spiro atoms. The first-order valence-electron chi connectivity index (χ1n) is 9.03. The third-order valence-corrected chi connectivity index (χ3v) is 4.55. The molecule has 2 aromatic carbocycles. The summed E-state index contributed by atoms with van der Waals surface area (Å²) in [6.45, 7) is 6.07. The van der Waals surface area contributed by atoms with Crippen LogP contribution in [0.15, 0.2) is 60.9 Å². The van der Waals surface area contributed by atoms with Crippen LogP contribution in [0.3, 0.4) is 0 Å². The molecule has 0 aliphatic rings. The minimum Gasteiger partial charge on any atom is -0.383 e. The van der Waals surface area contributed by atoms with Gasteiger partial charge >= 0.3 is 6.03 Å². The largest absolute Gasteiger partial charge is 0.383 e. The number of anilines is 2. The molecule has 4 aromatic rings. The van der Waals surface area contributed by atoms with Gasteiger partial charge in [-0.15, -0.1) is 0 Å². The number of hydrogen-bond acceptors (Lipinski definition) is 4. The van der Waals surface area contributed by atoms with E-state index in [1.54, 1.807) is 12.4 Å². The van der Waals surface area contributed by atoms with E-state index in [9.17, 15) is 4.79 Å². The van der Waals surface area contributed by atoms with Crippen LogP contribution in [0.2, 0.25) is 0 Å². The summed E-state index contributed by atoms with van der Waals surface area (Å²) in [5.74, 6) is 0.309. The van der Waals surface area contributed by atoms with Gasteiger partial charge in [-0.1, -0.05) is 32.9 Å². The topological polar surface area (TPSA) is 90.8 Å². The van der Waals surface area contributed by atoms with Crippen molar-refractivity contribution in [1.29, 1.82) is 0 Å². The summed E-state index contributed by atoms with van der Waals surface area (Å²) < 4.78 is 3.19. The van der Waals surface area contributed by atoms with Crippen LogP contribution < -0.4 is 11.1 Å². The zero-order valence-corrected chi connectivity index (χ0v) is 16.0. The van der Waals surface area contributed by atoms with E-state index >= 15 is 0 Å². The monoisotopic (exact) mass is 374 g/mol. The van der Waals surface area contributed by atoms with Crippen molar-refractivity contribution in [2.24, 2.45) is 0 Å². The Kier molecular flexibility index (Phi) is 4.15. The van der Waals surface area contributed by atoms with Gasteiger partial charge in [0.2, 0.25) is 0 Å². The third kappa shape index (κ3) is 3.22. The number of nitrogen functional groups attached to an aromatic ring is 1. The molecule has 0 unspecified atom stereocenters. The van der Waals surface area contributed by atoms with Gasteiger partial charge in [-0.25, -0.2) is 9.78 Å². The van der Waals surface area contributed by atoms with Crippen LogP contribution in [-0.4, -0.2) is 25.4 Å². The molecule has 0 bridgehead atoms. The number of nitrogens with two attached hydrogens (primary N) is 1. The van der Waals surface area contributed by atoms with Crippen molar-refractivity contribution >= 4 is 28.6 Å². The molecule has 0 saturated heterocycles. The van der Waals surface area contributed by atoms with E-state index in [0.29, 0.717) is 11.5 Å². The highest BCUT2D eigenvalue weighted by atomic mass is 16.2. The summed E-state index contributed by atoms with van der Waals surface area (Å²) in [7, 11) is 0. The fraction of sp³-hybridized carbons (Fsp3) is 0.190. The number of amides is 1. The predicted molar refractivity (Wildman–Crippen MR) is 111 cm³/mol. The Labute approximate surface area is 162 Å². The second-order valence-corrected chi connectivity index (χ2v) is 7.70. The Bertz CT molecular complexity index is 1150. The minimum absolute atomic E-state index is 0.186. The lowest BCUT2D eigenvalue weighted by Gasteiger charge is -2.14. The lowest BCUT2D eigenvalue weighted by Crippen LogP contribution is -2.23. The maximum absolute atomic E-state index is 12.6. The van der Waals surface area contributed by atoms with Crippen molar-refractivity contribution in [2.75, 3.05) is 11.1 Å². The van der Waals surface area contributed by atoms with Gasteiger partial charge in [0.05, 0.1) is 16.7 Å². The molecule has 7 nitrogen and oxygen atoms in total. The molecule has 28 heavy (non-hydrogen) atoms. The van der Waals surface area contributed by atoms with Gasteiger partial charge < -0.3 is 11.1 Å². The summed E-state index contributed by atoms with van der Waals surface area (Å²) in [4.78, 5) is 17.0. The van der Waals surface area contributed by atoms with Gasteiger partial charge in [0, 0.05) is 22.9 Å². The van der Waals surface area contributed by atoms with Crippen LogP contribution >= 0.6 is 0 Å². The summed E-state index contributed by atoms with van der Waals surface area (Å²) in [5.41, 5.74) is 10.1. The maximum atomic E-state index is 12.6. The molecule has 142 valence electrons. The summed E-state index contributed by atoms with van der Waals surface area (Å²) in [6, 6.07) is 16.8. The standard InChI is InChI=1S/C21H22N6O/c1-21(2,3)18-12-19(22)27(25-18)20(28)24-14-8-10-15(11-9-14)26-13-23-16-6-4-5-7-17(16)26/h4-13H,22H2,1-3H3,(H,24,28). The van der Waals surface area contributed by atoms with Crippen molar-refractivity contribution < 1.29 is 4.79 Å².